The van der Waals surface area contributed by atoms with E-state index in [2.05, 4.69) is 22.8 Å². The average Bonchev–Trinajstić information content (AvgIpc) is 3.11. The quantitative estimate of drug-likeness (QED) is 0.524. The van der Waals surface area contributed by atoms with Crippen molar-refractivity contribution in [2.75, 3.05) is 11.9 Å². The number of hydrogen-bond acceptors (Lipinski definition) is 2. The number of benzene rings is 3. The molecule has 0 spiro atoms. The molecular weight excluding hydrogens is 334 g/mol. The van der Waals surface area contributed by atoms with E-state index in [4.69, 9.17) is 4.98 Å². The number of rotatable bonds is 5. The number of nitrogens with zero attached hydrogens (tertiary/aromatic N) is 3. The number of fused-ring (bicyclic) bond motifs is 1. The smallest absolute Gasteiger partial charge is 0.227 e. The van der Waals surface area contributed by atoms with Crippen molar-refractivity contribution in [1.82, 2.24) is 9.55 Å². The van der Waals surface area contributed by atoms with Gasteiger partial charge < -0.3 is 4.90 Å². The van der Waals surface area contributed by atoms with Gasteiger partial charge in [-0.3, -0.25) is 9.36 Å². The van der Waals surface area contributed by atoms with Crippen molar-refractivity contribution in [3.8, 4) is 5.69 Å². The van der Waals surface area contributed by atoms with Crippen molar-refractivity contribution < 1.29 is 4.79 Å². The number of carbonyl (C=O) groups is 1. The molecule has 0 saturated heterocycles. The number of carbonyl (C=O) groups excluding carboxylic acids is 1. The molecule has 1 aromatic heterocycles. The lowest BCUT2D eigenvalue weighted by atomic mass is 10.2. The molecule has 1 heterocycles. The molecule has 0 unspecified atom stereocenters. The number of hydrogen-bond donors (Lipinski definition) is 0. The molecule has 27 heavy (non-hydrogen) atoms. The molecule has 4 rings (SSSR count). The highest BCUT2D eigenvalue weighted by molar-refractivity contribution is 5.92. The van der Waals surface area contributed by atoms with Gasteiger partial charge in [-0.15, -0.1) is 0 Å². The lowest BCUT2D eigenvalue weighted by molar-refractivity contribution is -0.118. The minimum absolute atomic E-state index is 0.0767. The summed E-state index contributed by atoms with van der Waals surface area (Å²) in [6, 6.07) is 28.0. The first-order valence-corrected chi connectivity index (χ1v) is 9.07. The zero-order valence-electron chi connectivity index (χ0n) is 15.2. The first kappa shape index (κ1) is 17.0. The van der Waals surface area contributed by atoms with Gasteiger partial charge in [0.05, 0.1) is 11.0 Å². The summed E-state index contributed by atoms with van der Waals surface area (Å²) < 4.78 is 2.14. The lowest BCUT2D eigenvalue weighted by Gasteiger charge is -2.17. The highest BCUT2D eigenvalue weighted by Gasteiger charge is 2.16. The summed E-state index contributed by atoms with van der Waals surface area (Å²) in [5.74, 6) is 0.977. The number of amides is 1. The third kappa shape index (κ3) is 3.47. The lowest BCUT2D eigenvalue weighted by Crippen LogP contribution is -2.26. The van der Waals surface area contributed by atoms with Crippen molar-refractivity contribution in [2.45, 2.75) is 12.8 Å². The molecule has 0 bridgehead atoms. The summed E-state index contributed by atoms with van der Waals surface area (Å²) in [7, 11) is 1.82. The first-order valence-electron chi connectivity index (χ1n) is 9.07. The summed E-state index contributed by atoms with van der Waals surface area (Å²) in [5, 5.41) is 0. The Balaban J connectivity index is 1.62. The van der Waals surface area contributed by atoms with Gasteiger partial charge >= 0.3 is 0 Å². The van der Waals surface area contributed by atoms with Crippen LogP contribution in [0.3, 0.4) is 0 Å². The van der Waals surface area contributed by atoms with Crippen LogP contribution in [0.5, 0.6) is 0 Å². The van der Waals surface area contributed by atoms with Crippen LogP contribution in [0.2, 0.25) is 0 Å². The summed E-state index contributed by atoms with van der Waals surface area (Å²) in [4.78, 5) is 19.2. The summed E-state index contributed by atoms with van der Waals surface area (Å²) in [6.07, 6.45) is 0.987. The second-order valence-electron chi connectivity index (χ2n) is 6.48. The molecule has 3 aromatic carbocycles. The van der Waals surface area contributed by atoms with Crippen LogP contribution in [0.4, 0.5) is 5.69 Å². The predicted octanol–water partition coefficient (Wildman–Crippen LogP) is 4.62. The van der Waals surface area contributed by atoms with E-state index in [0.29, 0.717) is 12.8 Å². The molecule has 0 radical (unpaired) electrons. The van der Waals surface area contributed by atoms with Gasteiger partial charge in [0.25, 0.3) is 0 Å². The Bertz CT molecular complexity index is 1050. The van der Waals surface area contributed by atoms with Crippen molar-refractivity contribution in [3.05, 3.63) is 90.8 Å². The van der Waals surface area contributed by atoms with E-state index in [0.717, 1.165) is 28.2 Å². The molecule has 4 nitrogen and oxygen atoms in total. The minimum atomic E-state index is 0.0767. The summed E-state index contributed by atoms with van der Waals surface area (Å²) >= 11 is 0. The zero-order chi connectivity index (χ0) is 18.6. The minimum Gasteiger partial charge on any atom is -0.315 e. The third-order valence-electron chi connectivity index (χ3n) is 4.72. The van der Waals surface area contributed by atoms with Crippen molar-refractivity contribution in [1.29, 1.82) is 0 Å². The van der Waals surface area contributed by atoms with Gasteiger partial charge in [-0.1, -0.05) is 48.5 Å². The molecule has 4 aromatic rings. The van der Waals surface area contributed by atoms with Gasteiger partial charge in [0.15, 0.2) is 0 Å². The molecule has 0 aliphatic heterocycles. The molecule has 0 N–H and O–H groups in total. The van der Waals surface area contributed by atoms with Gasteiger partial charge in [0.2, 0.25) is 5.91 Å². The number of para-hydroxylation sites is 4. The van der Waals surface area contributed by atoms with Crippen LogP contribution >= 0.6 is 0 Å². The van der Waals surface area contributed by atoms with Crippen LogP contribution < -0.4 is 4.90 Å². The first-order chi connectivity index (χ1) is 13.2. The van der Waals surface area contributed by atoms with Crippen LogP contribution in [-0.4, -0.2) is 22.5 Å². The Morgan fingerprint density at radius 3 is 2.26 bits per heavy atom. The van der Waals surface area contributed by atoms with E-state index in [1.165, 1.54) is 0 Å². The maximum atomic E-state index is 12.7. The Morgan fingerprint density at radius 1 is 0.889 bits per heavy atom. The highest BCUT2D eigenvalue weighted by atomic mass is 16.2. The van der Waals surface area contributed by atoms with Crippen LogP contribution in [0.25, 0.3) is 16.7 Å². The van der Waals surface area contributed by atoms with Crippen LogP contribution in [0, 0.1) is 0 Å². The molecule has 0 saturated carbocycles. The number of imidazole rings is 1. The van der Waals surface area contributed by atoms with Crippen LogP contribution in [-0.2, 0) is 11.2 Å². The summed E-state index contributed by atoms with van der Waals surface area (Å²) in [6.45, 7) is 0. The van der Waals surface area contributed by atoms with Gasteiger partial charge in [-0.2, -0.15) is 0 Å². The van der Waals surface area contributed by atoms with E-state index in [1.807, 2.05) is 73.8 Å². The second-order valence-corrected chi connectivity index (χ2v) is 6.48. The average molecular weight is 355 g/mol. The Labute approximate surface area is 158 Å². The second kappa shape index (κ2) is 7.46. The van der Waals surface area contributed by atoms with Gasteiger partial charge in [-0.25, -0.2) is 4.98 Å². The molecule has 0 aliphatic rings. The fourth-order valence-corrected chi connectivity index (χ4v) is 3.29. The molecular formula is C23H21N3O. The van der Waals surface area contributed by atoms with Crippen LogP contribution in [0.15, 0.2) is 84.9 Å². The van der Waals surface area contributed by atoms with Crippen molar-refractivity contribution >= 4 is 22.6 Å². The monoisotopic (exact) mass is 355 g/mol. The normalized spacial score (nSPS) is 10.9. The Hall–Kier alpha value is -3.40. The largest absolute Gasteiger partial charge is 0.315 e. The van der Waals surface area contributed by atoms with E-state index < -0.39 is 0 Å². The maximum Gasteiger partial charge on any atom is 0.227 e. The highest BCUT2D eigenvalue weighted by Crippen LogP contribution is 2.22. The van der Waals surface area contributed by atoms with Crippen molar-refractivity contribution in [3.63, 3.8) is 0 Å². The summed E-state index contributed by atoms with van der Waals surface area (Å²) in [5.41, 5.74) is 3.96. The molecule has 0 aliphatic carbocycles. The van der Waals surface area contributed by atoms with Crippen LogP contribution in [0.1, 0.15) is 12.2 Å². The van der Waals surface area contributed by atoms with E-state index in [1.54, 1.807) is 4.90 Å². The SMILES string of the molecule is CN(C(=O)CCc1nc2ccccc2n1-c1ccccc1)c1ccccc1. The van der Waals surface area contributed by atoms with Gasteiger partial charge in [-0.05, 0) is 36.4 Å². The molecule has 134 valence electrons. The molecule has 4 heteroatoms. The Morgan fingerprint density at radius 2 is 1.52 bits per heavy atom. The molecule has 1 amide bonds. The fraction of sp³-hybridized carbons (Fsp3) is 0.130. The molecule has 0 atom stereocenters. The standard InChI is InChI=1S/C23H21N3O/c1-25(18-10-4-2-5-11-18)23(27)17-16-22-24-20-14-8-9-15-21(20)26(22)19-12-6-3-7-13-19/h2-15H,16-17H2,1H3. The predicted molar refractivity (Wildman–Crippen MR) is 109 cm³/mol. The van der Waals surface area contributed by atoms with E-state index in [-0.39, 0.29) is 5.91 Å². The third-order valence-corrected chi connectivity index (χ3v) is 4.72. The van der Waals surface area contributed by atoms with Crippen molar-refractivity contribution in [2.24, 2.45) is 0 Å². The molecule has 0 fully saturated rings. The maximum absolute atomic E-state index is 12.7. The number of aromatic nitrogens is 2. The Kier molecular flexibility index (Phi) is 4.71. The van der Waals surface area contributed by atoms with Gasteiger partial charge in [0, 0.05) is 31.3 Å². The zero-order valence-corrected chi connectivity index (χ0v) is 15.2. The van der Waals surface area contributed by atoms with E-state index >= 15 is 0 Å². The number of aryl methyl sites for hydroxylation is 1. The number of anilines is 1. The van der Waals surface area contributed by atoms with E-state index in [9.17, 15) is 4.79 Å². The van der Waals surface area contributed by atoms with Gasteiger partial charge in [0.1, 0.15) is 5.82 Å². The fourth-order valence-electron chi connectivity index (χ4n) is 3.29. The topological polar surface area (TPSA) is 38.1 Å².